The Labute approximate surface area is 162 Å². The standard InChI is InChI=1S/C17H23Cl2N3O4/c1-20-16(23)11-22(17(24)25)13-4-6-21(7-5-13)8-9-26-15-3-2-12(18)10-14(15)19/h2-3,10,13H,4-9,11H2,1H3,(H,20,23)(H,24,25). The Morgan fingerprint density at radius 2 is 2.04 bits per heavy atom. The molecule has 0 bridgehead atoms. The molecule has 0 unspecified atom stereocenters. The van der Waals surface area contributed by atoms with Gasteiger partial charge < -0.3 is 15.2 Å². The second-order valence-corrected chi connectivity index (χ2v) is 6.92. The molecule has 0 radical (unpaired) electrons. The number of piperidine rings is 1. The summed E-state index contributed by atoms with van der Waals surface area (Å²) in [4.78, 5) is 26.3. The summed E-state index contributed by atoms with van der Waals surface area (Å²) in [6, 6.07) is 4.95. The molecule has 1 saturated heterocycles. The normalized spacial score (nSPS) is 15.5. The van der Waals surface area contributed by atoms with E-state index in [0.29, 0.717) is 41.8 Å². The number of nitrogens with zero attached hydrogens (tertiary/aromatic N) is 2. The Balaban J connectivity index is 1.77. The lowest BCUT2D eigenvalue weighted by Gasteiger charge is -2.36. The van der Waals surface area contributed by atoms with Crippen molar-refractivity contribution in [1.82, 2.24) is 15.1 Å². The molecule has 0 atom stereocenters. The van der Waals surface area contributed by atoms with Crippen LogP contribution in [0.3, 0.4) is 0 Å². The van der Waals surface area contributed by atoms with Gasteiger partial charge in [0.05, 0.1) is 5.02 Å². The van der Waals surface area contributed by atoms with Gasteiger partial charge in [0.15, 0.2) is 0 Å². The van der Waals surface area contributed by atoms with Crippen molar-refractivity contribution in [2.24, 2.45) is 0 Å². The van der Waals surface area contributed by atoms with Crippen molar-refractivity contribution in [1.29, 1.82) is 0 Å². The topological polar surface area (TPSA) is 82.1 Å². The number of hydrogen-bond donors (Lipinski definition) is 2. The van der Waals surface area contributed by atoms with E-state index in [-0.39, 0.29) is 18.5 Å². The molecule has 2 rings (SSSR count). The predicted octanol–water partition coefficient (Wildman–Crippen LogP) is 2.56. The number of nitrogens with one attached hydrogen (secondary N) is 1. The van der Waals surface area contributed by atoms with Crippen molar-refractivity contribution in [2.75, 3.05) is 39.8 Å². The number of likely N-dealkylation sites (tertiary alicyclic amines) is 1. The maximum atomic E-state index is 11.5. The van der Waals surface area contributed by atoms with Crippen molar-refractivity contribution in [2.45, 2.75) is 18.9 Å². The van der Waals surface area contributed by atoms with E-state index in [1.807, 2.05) is 0 Å². The number of halogens is 2. The number of rotatable bonds is 7. The minimum atomic E-state index is -1.06. The van der Waals surface area contributed by atoms with Crippen LogP contribution in [-0.4, -0.2) is 72.8 Å². The van der Waals surface area contributed by atoms with Crippen LogP contribution in [0, 0.1) is 0 Å². The molecular weight excluding hydrogens is 381 g/mol. The van der Waals surface area contributed by atoms with Crippen LogP contribution in [0.5, 0.6) is 5.75 Å². The van der Waals surface area contributed by atoms with Crippen molar-refractivity contribution in [3.05, 3.63) is 28.2 Å². The SMILES string of the molecule is CNC(=O)CN(C(=O)O)C1CCN(CCOc2ccc(Cl)cc2Cl)CC1. The van der Waals surface area contributed by atoms with Gasteiger partial charge in [-0.1, -0.05) is 23.2 Å². The average molecular weight is 404 g/mol. The van der Waals surface area contributed by atoms with E-state index in [1.165, 1.54) is 11.9 Å². The smallest absolute Gasteiger partial charge is 0.408 e. The molecule has 9 heteroatoms. The summed E-state index contributed by atoms with van der Waals surface area (Å²) >= 11 is 11.9. The zero-order chi connectivity index (χ0) is 19.1. The summed E-state index contributed by atoms with van der Waals surface area (Å²) in [6.07, 6.45) is 0.309. The summed E-state index contributed by atoms with van der Waals surface area (Å²) in [6.45, 7) is 2.57. The second kappa shape index (κ2) is 9.85. The highest BCUT2D eigenvalue weighted by atomic mass is 35.5. The van der Waals surface area contributed by atoms with Crippen LogP contribution in [0.25, 0.3) is 0 Å². The van der Waals surface area contributed by atoms with Crippen LogP contribution in [-0.2, 0) is 4.79 Å². The largest absolute Gasteiger partial charge is 0.491 e. The molecule has 2 N–H and O–H groups in total. The number of amides is 2. The van der Waals surface area contributed by atoms with Gasteiger partial charge in [-0.15, -0.1) is 0 Å². The number of hydrogen-bond acceptors (Lipinski definition) is 4. The highest BCUT2D eigenvalue weighted by Crippen LogP contribution is 2.27. The second-order valence-electron chi connectivity index (χ2n) is 6.08. The maximum Gasteiger partial charge on any atom is 0.408 e. The number of likely N-dealkylation sites (N-methyl/N-ethyl adjacent to an activating group) is 1. The van der Waals surface area contributed by atoms with Gasteiger partial charge in [0.1, 0.15) is 18.9 Å². The molecule has 0 aliphatic carbocycles. The van der Waals surface area contributed by atoms with Gasteiger partial charge in [-0.3, -0.25) is 14.6 Å². The van der Waals surface area contributed by atoms with Gasteiger partial charge in [0.2, 0.25) is 5.91 Å². The Morgan fingerprint density at radius 3 is 2.62 bits per heavy atom. The summed E-state index contributed by atoms with van der Waals surface area (Å²) in [5, 5.41) is 12.8. The molecule has 0 saturated carbocycles. The highest BCUT2D eigenvalue weighted by molar-refractivity contribution is 6.35. The lowest BCUT2D eigenvalue weighted by atomic mass is 10.0. The zero-order valence-electron chi connectivity index (χ0n) is 14.6. The fraction of sp³-hybridized carbons (Fsp3) is 0.529. The number of carbonyl (C=O) groups excluding carboxylic acids is 1. The van der Waals surface area contributed by atoms with E-state index in [2.05, 4.69) is 10.2 Å². The lowest BCUT2D eigenvalue weighted by molar-refractivity contribution is -0.122. The van der Waals surface area contributed by atoms with E-state index >= 15 is 0 Å². The molecule has 1 fully saturated rings. The Kier molecular flexibility index (Phi) is 7.81. The Bertz CT molecular complexity index is 636. The van der Waals surface area contributed by atoms with Crippen molar-refractivity contribution >= 4 is 35.2 Å². The summed E-state index contributed by atoms with van der Waals surface area (Å²) in [5.74, 6) is 0.289. The molecule has 26 heavy (non-hydrogen) atoms. The molecule has 144 valence electrons. The summed E-state index contributed by atoms with van der Waals surface area (Å²) < 4.78 is 5.68. The molecule has 7 nitrogen and oxygen atoms in total. The van der Waals surface area contributed by atoms with Crippen LogP contribution >= 0.6 is 23.2 Å². The van der Waals surface area contributed by atoms with Crippen LogP contribution in [0.15, 0.2) is 18.2 Å². The van der Waals surface area contributed by atoms with Gasteiger partial charge in [-0.05, 0) is 31.0 Å². The number of ether oxygens (including phenoxy) is 1. The van der Waals surface area contributed by atoms with Crippen molar-refractivity contribution in [3.8, 4) is 5.75 Å². The average Bonchev–Trinajstić information content (AvgIpc) is 2.61. The maximum absolute atomic E-state index is 11.5. The third kappa shape index (κ3) is 5.93. The first-order valence-electron chi connectivity index (χ1n) is 8.41. The minimum Gasteiger partial charge on any atom is -0.491 e. The number of carbonyl (C=O) groups is 2. The molecule has 0 aromatic heterocycles. The molecular formula is C17H23Cl2N3O4. The van der Waals surface area contributed by atoms with Crippen LogP contribution in [0.2, 0.25) is 10.0 Å². The van der Waals surface area contributed by atoms with Crippen molar-refractivity contribution < 1.29 is 19.4 Å². The third-order valence-corrected chi connectivity index (χ3v) is 4.93. The highest BCUT2D eigenvalue weighted by Gasteiger charge is 2.29. The van der Waals surface area contributed by atoms with E-state index < -0.39 is 6.09 Å². The van der Waals surface area contributed by atoms with E-state index in [4.69, 9.17) is 27.9 Å². The summed E-state index contributed by atoms with van der Waals surface area (Å²) in [7, 11) is 1.50. The molecule has 2 amide bonds. The van der Waals surface area contributed by atoms with Crippen LogP contribution in [0.1, 0.15) is 12.8 Å². The Morgan fingerprint density at radius 1 is 1.35 bits per heavy atom. The number of carboxylic acid groups (broad SMARTS) is 1. The van der Waals surface area contributed by atoms with Gasteiger partial charge in [-0.2, -0.15) is 0 Å². The quantitative estimate of drug-likeness (QED) is 0.730. The molecule has 1 aromatic rings. The first kappa shape index (κ1) is 20.6. The molecule has 1 aliphatic rings. The fourth-order valence-electron chi connectivity index (χ4n) is 2.92. The van der Waals surface area contributed by atoms with Gasteiger partial charge in [0, 0.05) is 37.7 Å². The van der Waals surface area contributed by atoms with Crippen molar-refractivity contribution in [3.63, 3.8) is 0 Å². The number of benzene rings is 1. The van der Waals surface area contributed by atoms with E-state index in [9.17, 15) is 14.7 Å². The predicted molar refractivity (Wildman–Crippen MR) is 100 cm³/mol. The monoisotopic (exact) mass is 403 g/mol. The Hall–Kier alpha value is -1.70. The van der Waals surface area contributed by atoms with E-state index in [1.54, 1.807) is 18.2 Å². The molecule has 1 heterocycles. The molecule has 1 aromatic carbocycles. The van der Waals surface area contributed by atoms with Crippen LogP contribution < -0.4 is 10.1 Å². The molecule has 1 aliphatic heterocycles. The first-order valence-corrected chi connectivity index (χ1v) is 9.16. The van der Waals surface area contributed by atoms with Gasteiger partial charge in [0.25, 0.3) is 0 Å². The lowest BCUT2D eigenvalue weighted by Crippen LogP contribution is -2.50. The minimum absolute atomic E-state index is 0.130. The van der Waals surface area contributed by atoms with Crippen LogP contribution in [0.4, 0.5) is 4.79 Å². The third-order valence-electron chi connectivity index (χ3n) is 4.40. The van der Waals surface area contributed by atoms with Gasteiger partial charge >= 0.3 is 6.09 Å². The molecule has 0 spiro atoms. The zero-order valence-corrected chi connectivity index (χ0v) is 16.1. The van der Waals surface area contributed by atoms with E-state index in [0.717, 1.165) is 13.1 Å². The summed E-state index contributed by atoms with van der Waals surface area (Å²) in [5.41, 5.74) is 0. The fourth-order valence-corrected chi connectivity index (χ4v) is 3.38. The first-order chi connectivity index (χ1) is 12.4. The van der Waals surface area contributed by atoms with Gasteiger partial charge in [-0.25, -0.2) is 4.79 Å².